The maximum atomic E-state index is 14.8. The van der Waals surface area contributed by atoms with Gasteiger partial charge in [0.05, 0.1) is 17.8 Å². The van der Waals surface area contributed by atoms with Gasteiger partial charge in [-0.1, -0.05) is 107 Å². The summed E-state index contributed by atoms with van der Waals surface area (Å²) in [7, 11) is 0. The molecule has 0 radical (unpaired) electrons. The van der Waals surface area contributed by atoms with E-state index < -0.39 is 46.9 Å². The van der Waals surface area contributed by atoms with Gasteiger partial charge in [-0.05, 0) is 64.6 Å². The minimum atomic E-state index is -1.17. The Morgan fingerprint density at radius 2 is 1.56 bits per heavy atom. The van der Waals surface area contributed by atoms with Gasteiger partial charge in [-0.15, -0.1) is 0 Å². The first-order valence-electron chi connectivity index (χ1n) is 20.1. The zero-order chi connectivity index (χ0) is 42.7. The average Bonchev–Trinajstić information content (AvgIpc) is 3.53. The number of hydrogen-bond acceptors (Lipinski definition) is 7. The van der Waals surface area contributed by atoms with Crippen LogP contribution in [0.1, 0.15) is 70.1 Å². The van der Waals surface area contributed by atoms with Gasteiger partial charge in [0, 0.05) is 56.8 Å². The van der Waals surface area contributed by atoms with Crippen LogP contribution in [0.5, 0.6) is 5.75 Å². The van der Waals surface area contributed by atoms with Gasteiger partial charge in [0.15, 0.2) is 0 Å². The van der Waals surface area contributed by atoms with Gasteiger partial charge in [-0.25, -0.2) is 9.59 Å². The van der Waals surface area contributed by atoms with Crippen LogP contribution < -0.4 is 16.0 Å². The number of aromatic nitrogens is 1. The van der Waals surface area contributed by atoms with Crippen LogP contribution in [0.15, 0.2) is 103 Å². The van der Waals surface area contributed by atoms with Crippen LogP contribution in [0.4, 0.5) is 9.59 Å². The lowest BCUT2D eigenvalue weighted by Crippen LogP contribution is -2.59. The molecular weight excluding hydrogens is 749 g/mol. The van der Waals surface area contributed by atoms with E-state index in [-0.39, 0.29) is 50.2 Å². The quantitative estimate of drug-likeness (QED) is 0.0690. The number of rotatable bonds is 18. The zero-order valence-corrected chi connectivity index (χ0v) is 34.6. The molecule has 0 spiro atoms. The smallest absolute Gasteiger partial charge is 0.404 e. The number of aliphatic hydroxyl groups excluding tert-OH is 1. The number of carbonyl (C=O) groups is 4. The second-order valence-electron chi connectivity index (χ2n) is 17.2. The molecule has 13 heteroatoms. The highest BCUT2D eigenvalue weighted by molar-refractivity contribution is 5.89. The Bertz CT molecular complexity index is 2020. The van der Waals surface area contributed by atoms with Gasteiger partial charge in [-0.2, -0.15) is 0 Å². The summed E-state index contributed by atoms with van der Waals surface area (Å²) in [6.45, 7) is 10.5. The molecule has 2 heterocycles. The number of aromatic hydroxyl groups is 1. The van der Waals surface area contributed by atoms with E-state index in [1.807, 2.05) is 99.6 Å². The van der Waals surface area contributed by atoms with Crippen molar-refractivity contribution in [2.24, 2.45) is 10.8 Å². The van der Waals surface area contributed by atoms with Crippen molar-refractivity contribution in [1.82, 2.24) is 30.7 Å². The van der Waals surface area contributed by atoms with E-state index in [1.165, 1.54) is 0 Å². The van der Waals surface area contributed by atoms with E-state index in [2.05, 4.69) is 20.9 Å². The first-order valence-corrected chi connectivity index (χ1v) is 20.1. The molecule has 1 aromatic heterocycles. The number of pyridine rings is 1. The molecule has 4 aromatic rings. The largest absolute Gasteiger partial charge is 0.508 e. The van der Waals surface area contributed by atoms with Crippen molar-refractivity contribution >= 4 is 23.9 Å². The Morgan fingerprint density at radius 3 is 2.20 bits per heavy atom. The number of nitrogens with zero attached hydrogens (tertiary/aromatic N) is 3. The van der Waals surface area contributed by atoms with E-state index in [0.29, 0.717) is 19.5 Å². The summed E-state index contributed by atoms with van der Waals surface area (Å²) in [5.41, 5.74) is 3.09. The summed E-state index contributed by atoms with van der Waals surface area (Å²) in [5, 5.41) is 39.6. The Balaban J connectivity index is 1.42. The fraction of sp³-hybridized carbons (Fsp3) is 0.413. The summed E-state index contributed by atoms with van der Waals surface area (Å²) < 4.78 is 0. The highest BCUT2D eigenvalue weighted by atomic mass is 16.4. The van der Waals surface area contributed by atoms with Crippen molar-refractivity contribution in [2.45, 2.75) is 84.5 Å². The Labute approximate surface area is 346 Å². The monoisotopic (exact) mass is 806 g/mol. The third-order valence-electron chi connectivity index (χ3n) is 10.7. The molecule has 13 nitrogen and oxygen atoms in total. The van der Waals surface area contributed by atoms with Crippen LogP contribution in [0, 0.1) is 10.8 Å². The van der Waals surface area contributed by atoms with E-state index >= 15 is 0 Å². The first kappa shape index (κ1) is 44.2. The number of phenols is 1. The highest BCUT2D eigenvalue weighted by Crippen LogP contribution is 2.32. The van der Waals surface area contributed by atoms with Gasteiger partial charge >= 0.3 is 12.1 Å². The van der Waals surface area contributed by atoms with Crippen LogP contribution in [0.25, 0.3) is 11.3 Å². The zero-order valence-electron chi connectivity index (χ0n) is 34.6. The molecule has 1 fully saturated rings. The number of nitrogens with one attached hydrogen (secondary N) is 3. The maximum Gasteiger partial charge on any atom is 0.404 e. The SMILES string of the molecule is CC(C)(CNC(=O)O)CC(=O)NCC[C@H](O)[C@@H](NC(=O)[C@@H](N1CCN(Cc2cccc(O)c2)C1=O)C(C)(C)C)C(Cc1ccc(-c2ccccn2)cc1)c1ccccc1. The predicted molar refractivity (Wildman–Crippen MR) is 226 cm³/mol. The average molecular weight is 807 g/mol. The normalized spacial score (nSPS) is 15.3. The van der Waals surface area contributed by atoms with Crippen molar-refractivity contribution < 1.29 is 34.5 Å². The fourth-order valence-corrected chi connectivity index (χ4v) is 7.74. The van der Waals surface area contributed by atoms with Crippen LogP contribution in [0.2, 0.25) is 0 Å². The summed E-state index contributed by atoms with van der Waals surface area (Å²) in [5.74, 6) is -1.02. The molecule has 1 aliphatic rings. The third-order valence-corrected chi connectivity index (χ3v) is 10.7. The standard InChI is InChI=1S/C46H58N6O7/c1-45(2,3)41(52-25-24-51(44(52)59)29-32-12-11-15-35(53)26-32)42(56)50-40(38(54)21-23-48-39(55)28-46(4,5)30-49-43(57)58)36(33-13-7-6-8-14-33)27-31-17-19-34(20-18-31)37-16-9-10-22-47-37/h6-20,22,26,36,38,40-41,49,53-54H,21,23-25,27-30H2,1-5H3,(H,48,55)(H,50,56)(H,57,58)/t36?,38-,40-,41+/m0/s1. The van der Waals surface area contributed by atoms with Crippen LogP contribution >= 0.6 is 0 Å². The number of phenolic OH excluding ortho intramolecular Hbond substituents is 1. The number of amides is 5. The number of aliphatic hydroxyl groups is 1. The first-order chi connectivity index (χ1) is 28.0. The van der Waals surface area contributed by atoms with Gasteiger partial charge in [0.1, 0.15) is 11.8 Å². The lowest BCUT2D eigenvalue weighted by atomic mass is 9.81. The van der Waals surface area contributed by atoms with Crippen LogP contribution in [-0.2, 0) is 22.6 Å². The Kier molecular flexibility index (Phi) is 14.7. The molecule has 59 heavy (non-hydrogen) atoms. The minimum absolute atomic E-state index is 0.0598. The molecule has 5 amide bonds. The van der Waals surface area contributed by atoms with Crippen molar-refractivity contribution in [3.63, 3.8) is 0 Å². The minimum Gasteiger partial charge on any atom is -0.508 e. The molecule has 6 N–H and O–H groups in total. The molecule has 1 aliphatic heterocycles. The maximum absolute atomic E-state index is 14.8. The Hall–Kier alpha value is -5.95. The number of benzene rings is 3. The van der Waals surface area contributed by atoms with Crippen molar-refractivity contribution in [1.29, 1.82) is 0 Å². The van der Waals surface area contributed by atoms with Gasteiger partial charge in [-0.3, -0.25) is 14.6 Å². The summed E-state index contributed by atoms with van der Waals surface area (Å²) in [6, 6.07) is 28.2. The van der Waals surface area contributed by atoms with Crippen LogP contribution in [0.3, 0.4) is 0 Å². The third kappa shape index (κ3) is 12.5. The molecule has 0 aliphatic carbocycles. The second kappa shape index (κ2) is 19.7. The molecule has 1 unspecified atom stereocenters. The molecule has 0 saturated carbocycles. The molecule has 4 atom stereocenters. The van der Waals surface area contributed by atoms with Gasteiger partial charge in [0.25, 0.3) is 0 Å². The molecule has 5 rings (SSSR count). The molecular formula is C46H58N6O7. The highest BCUT2D eigenvalue weighted by Gasteiger charge is 2.45. The lowest BCUT2D eigenvalue weighted by Gasteiger charge is -2.39. The molecule has 3 aromatic carbocycles. The van der Waals surface area contributed by atoms with E-state index in [0.717, 1.165) is 27.9 Å². The number of urea groups is 1. The van der Waals surface area contributed by atoms with Gasteiger partial charge in [0.2, 0.25) is 11.8 Å². The van der Waals surface area contributed by atoms with Crippen molar-refractivity contribution in [2.75, 3.05) is 26.2 Å². The summed E-state index contributed by atoms with van der Waals surface area (Å²) in [4.78, 5) is 60.6. The van der Waals surface area contributed by atoms with Gasteiger partial charge < -0.3 is 41.1 Å². The number of carbonyl (C=O) groups excluding carboxylic acids is 3. The van der Waals surface area contributed by atoms with E-state index in [9.17, 15) is 29.4 Å². The van der Waals surface area contributed by atoms with Crippen molar-refractivity contribution in [3.05, 3.63) is 120 Å². The predicted octanol–water partition coefficient (Wildman–Crippen LogP) is 6.17. The second-order valence-corrected chi connectivity index (χ2v) is 17.2. The number of carboxylic acid groups (broad SMARTS) is 1. The van der Waals surface area contributed by atoms with E-state index in [1.54, 1.807) is 48.0 Å². The lowest BCUT2D eigenvalue weighted by molar-refractivity contribution is -0.130. The van der Waals surface area contributed by atoms with E-state index in [4.69, 9.17) is 5.11 Å². The summed E-state index contributed by atoms with van der Waals surface area (Å²) >= 11 is 0. The molecule has 314 valence electrons. The van der Waals surface area contributed by atoms with Crippen molar-refractivity contribution in [3.8, 4) is 17.0 Å². The molecule has 1 saturated heterocycles. The topological polar surface area (TPSA) is 184 Å². The fourth-order valence-electron chi connectivity index (χ4n) is 7.74. The van der Waals surface area contributed by atoms with Crippen LogP contribution in [-0.4, -0.2) is 98.4 Å². The summed E-state index contributed by atoms with van der Waals surface area (Å²) in [6.07, 6.45) is 0.0659. The molecule has 0 bridgehead atoms. The Morgan fingerprint density at radius 1 is 0.847 bits per heavy atom. The number of hydrogen-bond donors (Lipinski definition) is 6.